The van der Waals surface area contributed by atoms with Gasteiger partial charge >= 0.3 is 5.97 Å². The number of halogens is 2. The van der Waals surface area contributed by atoms with Gasteiger partial charge in [-0.15, -0.1) is 0 Å². The molecule has 0 amide bonds. The van der Waals surface area contributed by atoms with Gasteiger partial charge in [0.15, 0.2) is 0 Å². The minimum Gasteiger partial charge on any atom is -0.497 e. The minimum atomic E-state index is -0.963. The number of methoxy groups -OCH3 is 1. The highest BCUT2D eigenvalue weighted by Crippen LogP contribution is 2.29. The first kappa shape index (κ1) is 15.8. The minimum absolute atomic E-state index is 0.293. The second-order valence-electron chi connectivity index (χ2n) is 4.47. The molecule has 1 atom stereocenters. The van der Waals surface area contributed by atoms with E-state index >= 15 is 0 Å². The molecular weight excluding hydrogens is 358 g/mol. The lowest BCUT2D eigenvalue weighted by Gasteiger charge is -2.14. The monoisotopic (exact) mass is 369 g/mol. The summed E-state index contributed by atoms with van der Waals surface area (Å²) in [7, 11) is 1.57. The third kappa shape index (κ3) is 3.95. The van der Waals surface area contributed by atoms with Crippen molar-refractivity contribution in [2.45, 2.75) is 12.3 Å². The first-order valence-corrected chi connectivity index (χ1v) is 7.35. The van der Waals surface area contributed by atoms with Crippen molar-refractivity contribution in [2.24, 2.45) is 0 Å². The Labute approximate surface area is 135 Å². The standard InChI is InChI=1S/C15H13BrClNO3/c1-21-11-4-2-3-9(5-11)6-12(15(19)20)14-13(17)7-10(16)8-18-14/h2-5,7-8,12H,6H2,1H3,(H,19,20). The summed E-state index contributed by atoms with van der Waals surface area (Å²) >= 11 is 9.37. The van der Waals surface area contributed by atoms with Crippen molar-refractivity contribution in [1.29, 1.82) is 0 Å². The zero-order valence-electron chi connectivity index (χ0n) is 11.2. The number of benzene rings is 1. The summed E-state index contributed by atoms with van der Waals surface area (Å²) in [6, 6.07) is 8.94. The molecule has 0 saturated heterocycles. The zero-order valence-corrected chi connectivity index (χ0v) is 13.6. The van der Waals surface area contributed by atoms with E-state index < -0.39 is 11.9 Å². The molecule has 0 fully saturated rings. The van der Waals surface area contributed by atoms with E-state index in [0.29, 0.717) is 27.4 Å². The average Bonchev–Trinajstić information content (AvgIpc) is 2.45. The van der Waals surface area contributed by atoms with Gasteiger partial charge in [0.1, 0.15) is 11.7 Å². The molecule has 0 aliphatic heterocycles. The van der Waals surface area contributed by atoms with Gasteiger partial charge in [0.2, 0.25) is 0 Å². The fraction of sp³-hybridized carbons (Fsp3) is 0.200. The largest absolute Gasteiger partial charge is 0.497 e. The van der Waals surface area contributed by atoms with Crippen molar-refractivity contribution in [1.82, 2.24) is 4.98 Å². The van der Waals surface area contributed by atoms with E-state index in [1.807, 2.05) is 24.3 Å². The lowest BCUT2D eigenvalue weighted by molar-refractivity contribution is -0.138. The van der Waals surface area contributed by atoms with E-state index in [2.05, 4.69) is 20.9 Å². The van der Waals surface area contributed by atoms with Crippen molar-refractivity contribution in [3.8, 4) is 5.75 Å². The summed E-state index contributed by atoms with van der Waals surface area (Å²) in [4.78, 5) is 15.7. The van der Waals surface area contributed by atoms with Gasteiger partial charge in [0.25, 0.3) is 0 Å². The maximum absolute atomic E-state index is 11.6. The van der Waals surface area contributed by atoms with Crippen LogP contribution in [0.25, 0.3) is 0 Å². The van der Waals surface area contributed by atoms with Crippen molar-refractivity contribution in [2.75, 3.05) is 7.11 Å². The van der Waals surface area contributed by atoms with Crippen LogP contribution in [0.15, 0.2) is 41.0 Å². The summed E-state index contributed by atoms with van der Waals surface area (Å²) in [5, 5.41) is 9.80. The average molecular weight is 371 g/mol. The maximum Gasteiger partial charge on any atom is 0.312 e. The molecule has 4 nitrogen and oxygen atoms in total. The number of hydrogen-bond donors (Lipinski definition) is 1. The second-order valence-corrected chi connectivity index (χ2v) is 5.79. The topological polar surface area (TPSA) is 59.4 Å². The fourth-order valence-corrected chi connectivity index (χ4v) is 2.78. The highest BCUT2D eigenvalue weighted by atomic mass is 79.9. The van der Waals surface area contributed by atoms with E-state index in [4.69, 9.17) is 16.3 Å². The van der Waals surface area contributed by atoms with Crippen LogP contribution in [0.2, 0.25) is 5.02 Å². The van der Waals surface area contributed by atoms with Crippen LogP contribution in [0.1, 0.15) is 17.2 Å². The summed E-state index contributed by atoms with van der Waals surface area (Å²) in [5.74, 6) is -1.08. The van der Waals surface area contributed by atoms with Gasteiger partial charge in [-0.05, 0) is 46.1 Å². The van der Waals surface area contributed by atoms with E-state index in [9.17, 15) is 9.90 Å². The molecule has 1 unspecified atom stereocenters. The Kier molecular flexibility index (Phi) is 5.20. The first-order chi connectivity index (χ1) is 10.0. The van der Waals surface area contributed by atoms with Crippen molar-refractivity contribution in [3.05, 3.63) is 57.3 Å². The summed E-state index contributed by atoms with van der Waals surface area (Å²) < 4.78 is 5.86. The molecule has 0 saturated carbocycles. The molecule has 2 rings (SSSR count). The zero-order chi connectivity index (χ0) is 15.4. The fourth-order valence-electron chi connectivity index (χ4n) is 2.02. The molecule has 0 bridgehead atoms. The van der Waals surface area contributed by atoms with Crippen LogP contribution in [-0.4, -0.2) is 23.2 Å². The van der Waals surface area contributed by atoms with Crippen LogP contribution in [0.4, 0.5) is 0 Å². The highest BCUT2D eigenvalue weighted by Gasteiger charge is 2.24. The molecule has 2 aromatic rings. The van der Waals surface area contributed by atoms with E-state index in [0.717, 1.165) is 5.56 Å². The van der Waals surface area contributed by atoms with Gasteiger partial charge < -0.3 is 9.84 Å². The number of nitrogens with zero attached hydrogens (tertiary/aromatic N) is 1. The predicted molar refractivity (Wildman–Crippen MR) is 84.0 cm³/mol. The second kappa shape index (κ2) is 6.91. The number of pyridine rings is 1. The Hall–Kier alpha value is -1.59. The quantitative estimate of drug-likeness (QED) is 0.866. The van der Waals surface area contributed by atoms with E-state index in [1.54, 1.807) is 19.4 Å². The van der Waals surface area contributed by atoms with Crippen LogP contribution < -0.4 is 4.74 Å². The third-order valence-electron chi connectivity index (χ3n) is 3.04. The van der Waals surface area contributed by atoms with Gasteiger partial charge in [-0.1, -0.05) is 23.7 Å². The highest BCUT2D eigenvalue weighted by molar-refractivity contribution is 9.10. The van der Waals surface area contributed by atoms with Crippen molar-refractivity contribution >= 4 is 33.5 Å². The lowest BCUT2D eigenvalue weighted by atomic mass is 9.95. The molecule has 6 heteroatoms. The Morgan fingerprint density at radius 3 is 2.86 bits per heavy atom. The van der Waals surface area contributed by atoms with Crippen LogP contribution in [0.3, 0.4) is 0 Å². The molecule has 1 heterocycles. The molecule has 110 valence electrons. The van der Waals surface area contributed by atoms with Crippen LogP contribution >= 0.6 is 27.5 Å². The van der Waals surface area contributed by atoms with Gasteiger partial charge in [-0.3, -0.25) is 9.78 Å². The smallest absolute Gasteiger partial charge is 0.312 e. The normalized spacial score (nSPS) is 12.0. The molecule has 0 spiro atoms. The Morgan fingerprint density at radius 1 is 1.48 bits per heavy atom. The summed E-state index contributed by atoms with van der Waals surface area (Å²) in [5.41, 5.74) is 1.21. The Balaban J connectivity index is 2.33. The molecular formula is C15H13BrClNO3. The number of carboxylic acid groups (broad SMARTS) is 1. The summed E-state index contributed by atoms with van der Waals surface area (Å²) in [6.45, 7) is 0. The number of aromatic nitrogens is 1. The molecule has 1 N–H and O–H groups in total. The molecule has 1 aromatic carbocycles. The van der Waals surface area contributed by atoms with Gasteiger partial charge in [0.05, 0.1) is 17.8 Å². The molecule has 0 aliphatic carbocycles. The van der Waals surface area contributed by atoms with Crippen LogP contribution in [0.5, 0.6) is 5.75 Å². The number of carboxylic acids is 1. The van der Waals surface area contributed by atoms with E-state index in [-0.39, 0.29) is 0 Å². The maximum atomic E-state index is 11.6. The van der Waals surface area contributed by atoms with Crippen LogP contribution in [-0.2, 0) is 11.2 Å². The SMILES string of the molecule is COc1cccc(CC(C(=O)O)c2ncc(Br)cc2Cl)c1. The number of aliphatic carboxylic acids is 1. The number of carbonyl (C=O) groups is 1. The lowest BCUT2D eigenvalue weighted by Crippen LogP contribution is -2.16. The first-order valence-electron chi connectivity index (χ1n) is 6.18. The molecule has 21 heavy (non-hydrogen) atoms. The van der Waals surface area contributed by atoms with E-state index in [1.165, 1.54) is 0 Å². The van der Waals surface area contributed by atoms with Gasteiger partial charge in [0, 0.05) is 10.7 Å². The molecule has 1 aromatic heterocycles. The number of ether oxygens (including phenoxy) is 1. The number of hydrogen-bond acceptors (Lipinski definition) is 3. The van der Waals surface area contributed by atoms with Crippen LogP contribution in [0, 0.1) is 0 Å². The number of rotatable bonds is 5. The molecule has 0 aliphatic rings. The van der Waals surface area contributed by atoms with Crippen molar-refractivity contribution < 1.29 is 14.6 Å². The van der Waals surface area contributed by atoms with Gasteiger partial charge in [-0.25, -0.2) is 0 Å². The van der Waals surface area contributed by atoms with Gasteiger partial charge in [-0.2, -0.15) is 0 Å². The Bertz CT molecular complexity index is 663. The Morgan fingerprint density at radius 2 is 2.24 bits per heavy atom. The molecule has 0 radical (unpaired) electrons. The predicted octanol–water partition coefficient (Wildman–Crippen LogP) is 3.92. The summed E-state index contributed by atoms with van der Waals surface area (Å²) in [6.07, 6.45) is 1.84. The van der Waals surface area contributed by atoms with Crippen molar-refractivity contribution in [3.63, 3.8) is 0 Å². The third-order valence-corrected chi connectivity index (χ3v) is 3.77.